The van der Waals surface area contributed by atoms with Crippen LogP contribution < -0.4 is 0 Å². The molecule has 2 aliphatic rings. The number of amides is 1. The first-order valence-corrected chi connectivity index (χ1v) is 9.03. The maximum atomic E-state index is 13.3. The number of carbonyl (C=O) groups is 2. The molecule has 2 atom stereocenters. The molecule has 0 aromatic heterocycles. The third kappa shape index (κ3) is 4.37. The second-order valence-corrected chi connectivity index (χ2v) is 7.07. The number of carbonyl (C=O) groups excluding carboxylic acids is 1. The second-order valence-electron chi connectivity index (χ2n) is 7.07. The van der Waals surface area contributed by atoms with Crippen LogP contribution in [0.15, 0.2) is 24.3 Å². The van der Waals surface area contributed by atoms with Gasteiger partial charge >= 0.3 is 5.97 Å². The fourth-order valence-corrected chi connectivity index (χ4v) is 3.98. The zero-order valence-corrected chi connectivity index (χ0v) is 14.4. The van der Waals surface area contributed by atoms with Gasteiger partial charge in [0.1, 0.15) is 5.82 Å². The first-order chi connectivity index (χ1) is 12.0. The summed E-state index contributed by atoms with van der Waals surface area (Å²) in [6, 6.07) is 6.58. The number of carboxylic acid groups (broad SMARTS) is 1. The van der Waals surface area contributed by atoms with Gasteiger partial charge in [-0.15, -0.1) is 0 Å². The second kappa shape index (κ2) is 7.95. The van der Waals surface area contributed by atoms with Crippen LogP contribution >= 0.6 is 0 Å². The van der Waals surface area contributed by atoms with Crippen molar-refractivity contribution in [3.05, 3.63) is 35.6 Å². The first kappa shape index (κ1) is 17.9. The van der Waals surface area contributed by atoms with Gasteiger partial charge in [-0.25, -0.2) is 4.39 Å². The van der Waals surface area contributed by atoms with Gasteiger partial charge in [-0.05, 0) is 30.5 Å². The third-order valence-corrected chi connectivity index (χ3v) is 5.38. The summed E-state index contributed by atoms with van der Waals surface area (Å²) in [7, 11) is 0. The fraction of sp³-hybridized carbons (Fsp3) is 0.579. The average Bonchev–Trinajstić information content (AvgIpc) is 2.62. The molecule has 3 rings (SSSR count). The standard InChI is InChI=1S/C19H25FN2O3/c20-15-5-3-4-14(12-15)13-21-8-10-22(11-9-21)18(23)16-6-1-2-7-17(16)19(24)25/h3-5,12,16-17H,1-2,6-11,13H2,(H,24,25). The van der Waals surface area contributed by atoms with Gasteiger partial charge < -0.3 is 10.0 Å². The number of rotatable bonds is 4. The maximum absolute atomic E-state index is 13.3. The lowest BCUT2D eigenvalue weighted by Crippen LogP contribution is -2.51. The number of aliphatic carboxylic acids is 1. The van der Waals surface area contributed by atoms with Crippen molar-refractivity contribution in [2.45, 2.75) is 32.2 Å². The van der Waals surface area contributed by atoms with E-state index in [1.54, 1.807) is 6.07 Å². The van der Waals surface area contributed by atoms with Crippen molar-refractivity contribution in [3.63, 3.8) is 0 Å². The zero-order valence-electron chi connectivity index (χ0n) is 14.4. The van der Waals surface area contributed by atoms with E-state index in [-0.39, 0.29) is 17.6 Å². The van der Waals surface area contributed by atoms with E-state index >= 15 is 0 Å². The molecule has 2 fully saturated rings. The molecule has 136 valence electrons. The average molecular weight is 348 g/mol. The fourth-order valence-electron chi connectivity index (χ4n) is 3.98. The van der Waals surface area contributed by atoms with Gasteiger partial charge in [0.05, 0.1) is 11.8 Å². The molecule has 1 aliphatic carbocycles. The molecule has 1 amide bonds. The van der Waals surface area contributed by atoms with E-state index in [1.165, 1.54) is 12.1 Å². The highest BCUT2D eigenvalue weighted by Crippen LogP contribution is 2.32. The predicted octanol–water partition coefficient (Wildman–Crippen LogP) is 2.36. The van der Waals surface area contributed by atoms with E-state index in [9.17, 15) is 19.1 Å². The Morgan fingerprint density at radius 1 is 1.08 bits per heavy atom. The highest BCUT2D eigenvalue weighted by molar-refractivity contribution is 5.85. The summed E-state index contributed by atoms with van der Waals surface area (Å²) in [5, 5.41) is 9.37. The Balaban J connectivity index is 1.54. The lowest BCUT2D eigenvalue weighted by atomic mass is 9.78. The number of halogens is 1. The predicted molar refractivity (Wildman–Crippen MR) is 91.3 cm³/mol. The third-order valence-electron chi connectivity index (χ3n) is 5.38. The van der Waals surface area contributed by atoms with Crippen LogP contribution in [-0.4, -0.2) is 53.0 Å². The van der Waals surface area contributed by atoms with Crippen molar-refractivity contribution in [1.29, 1.82) is 0 Å². The lowest BCUT2D eigenvalue weighted by Gasteiger charge is -2.38. The molecule has 1 saturated carbocycles. The Morgan fingerprint density at radius 2 is 1.76 bits per heavy atom. The monoisotopic (exact) mass is 348 g/mol. The highest BCUT2D eigenvalue weighted by Gasteiger charge is 2.38. The van der Waals surface area contributed by atoms with E-state index in [0.717, 1.165) is 31.5 Å². The minimum atomic E-state index is -0.845. The minimum absolute atomic E-state index is 0.00231. The molecule has 1 heterocycles. The van der Waals surface area contributed by atoms with Gasteiger partial charge in [0, 0.05) is 32.7 Å². The number of nitrogens with zero attached hydrogens (tertiary/aromatic N) is 2. The van der Waals surface area contributed by atoms with Gasteiger partial charge in [0.25, 0.3) is 0 Å². The molecule has 1 aromatic carbocycles. The molecule has 1 aromatic rings. The summed E-state index contributed by atoms with van der Waals surface area (Å²) >= 11 is 0. The Kier molecular flexibility index (Phi) is 5.68. The summed E-state index contributed by atoms with van der Waals surface area (Å²) in [5.74, 6) is -1.99. The molecule has 1 aliphatic heterocycles. The van der Waals surface area contributed by atoms with Crippen molar-refractivity contribution >= 4 is 11.9 Å². The maximum Gasteiger partial charge on any atom is 0.307 e. The Hall–Kier alpha value is -1.95. The molecule has 25 heavy (non-hydrogen) atoms. The molecule has 1 N–H and O–H groups in total. The van der Waals surface area contributed by atoms with Crippen LogP contribution in [0.1, 0.15) is 31.2 Å². The first-order valence-electron chi connectivity index (χ1n) is 9.03. The van der Waals surface area contributed by atoms with E-state index in [4.69, 9.17) is 0 Å². The van der Waals surface area contributed by atoms with Crippen molar-refractivity contribution in [2.75, 3.05) is 26.2 Å². The summed E-state index contributed by atoms with van der Waals surface area (Å²) in [6.07, 6.45) is 3.10. The topological polar surface area (TPSA) is 60.9 Å². The number of carboxylic acids is 1. The molecule has 0 bridgehead atoms. The quantitative estimate of drug-likeness (QED) is 0.907. The van der Waals surface area contributed by atoms with Crippen LogP contribution in [0.5, 0.6) is 0 Å². The number of piperazine rings is 1. The number of hydrogen-bond donors (Lipinski definition) is 1. The van der Waals surface area contributed by atoms with Crippen LogP contribution in [0.4, 0.5) is 4.39 Å². The minimum Gasteiger partial charge on any atom is -0.481 e. The van der Waals surface area contributed by atoms with Gasteiger partial charge in [-0.3, -0.25) is 14.5 Å². The molecule has 0 spiro atoms. The van der Waals surface area contributed by atoms with Crippen LogP contribution in [0, 0.1) is 17.7 Å². The van der Waals surface area contributed by atoms with Crippen LogP contribution in [0.2, 0.25) is 0 Å². The highest BCUT2D eigenvalue weighted by atomic mass is 19.1. The summed E-state index contributed by atoms with van der Waals surface area (Å²) in [6.45, 7) is 3.34. The molecule has 1 saturated heterocycles. The van der Waals surface area contributed by atoms with E-state index in [2.05, 4.69) is 4.90 Å². The molecule has 0 radical (unpaired) electrons. The number of hydrogen-bond acceptors (Lipinski definition) is 3. The van der Waals surface area contributed by atoms with Crippen molar-refractivity contribution in [2.24, 2.45) is 11.8 Å². The Labute approximate surface area is 147 Å². The molecule has 6 heteroatoms. The zero-order chi connectivity index (χ0) is 17.8. The SMILES string of the molecule is O=C(O)C1CCCCC1C(=O)N1CCN(Cc2cccc(F)c2)CC1. The molecule has 5 nitrogen and oxygen atoms in total. The van der Waals surface area contributed by atoms with Crippen molar-refractivity contribution < 1.29 is 19.1 Å². The Morgan fingerprint density at radius 3 is 2.40 bits per heavy atom. The smallest absolute Gasteiger partial charge is 0.307 e. The molecular weight excluding hydrogens is 323 g/mol. The molecule has 2 unspecified atom stereocenters. The van der Waals surface area contributed by atoms with E-state index in [0.29, 0.717) is 32.5 Å². The summed E-state index contributed by atoms with van der Waals surface area (Å²) in [4.78, 5) is 28.2. The van der Waals surface area contributed by atoms with Crippen LogP contribution in [0.25, 0.3) is 0 Å². The van der Waals surface area contributed by atoms with Crippen LogP contribution in [0.3, 0.4) is 0 Å². The normalized spacial score (nSPS) is 24.9. The van der Waals surface area contributed by atoms with E-state index < -0.39 is 11.9 Å². The van der Waals surface area contributed by atoms with Crippen molar-refractivity contribution in [3.8, 4) is 0 Å². The van der Waals surface area contributed by atoms with Gasteiger partial charge in [0.15, 0.2) is 0 Å². The summed E-state index contributed by atoms with van der Waals surface area (Å²) in [5.41, 5.74) is 0.929. The summed E-state index contributed by atoms with van der Waals surface area (Å²) < 4.78 is 13.3. The van der Waals surface area contributed by atoms with Gasteiger partial charge in [-0.2, -0.15) is 0 Å². The van der Waals surface area contributed by atoms with E-state index in [1.807, 2.05) is 11.0 Å². The molecular formula is C19H25FN2O3. The largest absolute Gasteiger partial charge is 0.481 e. The Bertz CT molecular complexity index is 629. The van der Waals surface area contributed by atoms with Gasteiger partial charge in [-0.1, -0.05) is 25.0 Å². The number of benzene rings is 1. The lowest BCUT2D eigenvalue weighted by molar-refractivity contribution is -0.153. The van der Waals surface area contributed by atoms with Crippen LogP contribution in [-0.2, 0) is 16.1 Å². The van der Waals surface area contributed by atoms with Gasteiger partial charge in [0.2, 0.25) is 5.91 Å². The van der Waals surface area contributed by atoms with Crippen molar-refractivity contribution in [1.82, 2.24) is 9.80 Å².